The molecule has 1 heterocycles. The second kappa shape index (κ2) is 4.36. The van der Waals surface area contributed by atoms with Crippen molar-refractivity contribution in [3.63, 3.8) is 0 Å². The first-order valence-corrected chi connectivity index (χ1v) is 4.46. The van der Waals surface area contributed by atoms with Crippen LogP contribution in [0.2, 0.25) is 0 Å². The number of hydrogen-bond acceptors (Lipinski definition) is 2. The molecule has 80 valence electrons. The molecule has 0 aliphatic heterocycles. The number of para-hydroxylation sites is 1. The molecule has 0 aliphatic carbocycles. The Labute approximate surface area is 94.3 Å². The molecule has 0 unspecified atom stereocenters. The van der Waals surface area contributed by atoms with Crippen LogP contribution in [-0.4, -0.2) is 10.5 Å². The smallest absolute Gasteiger partial charge is 0.0480 e. The van der Waals surface area contributed by atoms with Gasteiger partial charge in [0.2, 0.25) is 0 Å². The van der Waals surface area contributed by atoms with Gasteiger partial charge < -0.3 is 15.1 Å². The minimum absolute atomic E-state index is 0. The highest BCUT2D eigenvalue weighted by Crippen LogP contribution is 2.20. The molecule has 1 aromatic carbocycles. The number of halogens is 1. The maximum absolute atomic E-state index is 10.7. The topological polar surface area (TPSA) is 51.8 Å². The third-order valence-electron chi connectivity index (χ3n) is 2.33. The van der Waals surface area contributed by atoms with Crippen LogP contribution in [0.4, 0.5) is 0 Å². The van der Waals surface area contributed by atoms with Crippen LogP contribution in [0.15, 0.2) is 30.5 Å². The van der Waals surface area contributed by atoms with Crippen molar-refractivity contribution in [2.24, 2.45) is 7.05 Å². The Morgan fingerprint density at radius 3 is 2.73 bits per heavy atom. The van der Waals surface area contributed by atoms with E-state index in [0.29, 0.717) is 0 Å². The third kappa shape index (κ3) is 2.13. The van der Waals surface area contributed by atoms with Crippen LogP contribution < -0.4 is 5.11 Å². The highest BCUT2D eigenvalue weighted by molar-refractivity contribution is 5.87. The van der Waals surface area contributed by atoms with Crippen LogP contribution in [0.3, 0.4) is 0 Å². The van der Waals surface area contributed by atoms with E-state index in [1.54, 1.807) is 0 Å². The van der Waals surface area contributed by atoms with Crippen LogP contribution in [0.1, 0.15) is 5.56 Å². The minimum atomic E-state index is -0.540. The van der Waals surface area contributed by atoms with Crippen molar-refractivity contribution in [2.75, 3.05) is 0 Å². The van der Waals surface area contributed by atoms with Crippen LogP contribution >= 0.6 is 12.4 Å². The fourth-order valence-electron chi connectivity index (χ4n) is 1.74. The molecule has 0 radical (unpaired) electrons. The molecule has 0 spiro atoms. The van der Waals surface area contributed by atoms with Gasteiger partial charge in [-0.25, -0.2) is 0 Å². The van der Waals surface area contributed by atoms with Crippen molar-refractivity contribution >= 4 is 29.2 Å². The summed E-state index contributed by atoms with van der Waals surface area (Å²) in [5.74, 6) is -0.540. The summed E-state index contributed by atoms with van der Waals surface area (Å²) in [6.45, 7) is 0. The van der Waals surface area contributed by atoms with E-state index < -0.39 is 5.90 Å². The van der Waals surface area contributed by atoms with E-state index in [2.05, 4.69) is 0 Å². The lowest BCUT2D eigenvalue weighted by atomic mass is 10.1. The maximum Gasteiger partial charge on any atom is 0.0480 e. The summed E-state index contributed by atoms with van der Waals surface area (Å²) in [7, 11) is 1.94. The summed E-state index contributed by atoms with van der Waals surface area (Å²) in [4.78, 5) is 0. The fraction of sp³-hybridized carbons (Fsp3) is 0.182. The number of nitrogens with one attached hydrogen (secondary N) is 1. The average Bonchev–Trinajstić information content (AvgIpc) is 2.44. The number of aryl methyl sites for hydroxylation is 1. The second-order valence-corrected chi connectivity index (χ2v) is 3.38. The van der Waals surface area contributed by atoms with Gasteiger partial charge >= 0.3 is 0 Å². The van der Waals surface area contributed by atoms with Gasteiger partial charge in [-0.3, -0.25) is 0 Å². The normalized spacial score (nSPS) is 9.93. The second-order valence-electron chi connectivity index (χ2n) is 3.38. The van der Waals surface area contributed by atoms with Gasteiger partial charge in [-0.15, -0.1) is 12.4 Å². The van der Waals surface area contributed by atoms with Crippen molar-refractivity contribution in [2.45, 2.75) is 6.42 Å². The summed E-state index contributed by atoms with van der Waals surface area (Å²) in [5.41, 5.74) is 2.03. The molecule has 0 bridgehead atoms. The first kappa shape index (κ1) is 11.6. The van der Waals surface area contributed by atoms with Crippen molar-refractivity contribution in [1.82, 2.24) is 4.57 Å². The Bertz CT molecular complexity index is 490. The monoisotopic (exact) mass is 223 g/mol. The van der Waals surface area contributed by atoms with Gasteiger partial charge in [0.05, 0.1) is 0 Å². The van der Waals surface area contributed by atoms with E-state index in [9.17, 15) is 5.11 Å². The molecule has 3 nitrogen and oxygen atoms in total. The molecule has 0 aliphatic rings. The summed E-state index contributed by atoms with van der Waals surface area (Å²) in [6.07, 6.45) is 2.11. The summed E-state index contributed by atoms with van der Waals surface area (Å²) < 4.78 is 1.98. The zero-order valence-electron chi connectivity index (χ0n) is 8.36. The Hall–Kier alpha value is -1.48. The molecule has 1 aromatic heterocycles. The summed E-state index contributed by atoms with van der Waals surface area (Å²) in [6, 6.07) is 7.90. The van der Waals surface area contributed by atoms with E-state index >= 15 is 0 Å². The van der Waals surface area contributed by atoms with E-state index in [1.807, 2.05) is 42.1 Å². The van der Waals surface area contributed by atoms with E-state index in [-0.39, 0.29) is 18.8 Å². The van der Waals surface area contributed by atoms with E-state index in [1.165, 1.54) is 0 Å². The van der Waals surface area contributed by atoms with Crippen molar-refractivity contribution < 1.29 is 5.11 Å². The highest BCUT2D eigenvalue weighted by atomic mass is 35.5. The molecule has 0 saturated heterocycles. The number of nitrogens with zero attached hydrogens (tertiary/aromatic N) is 1. The Balaban J connectivity index is 0.00000112. The largest absolute Gasteiger partial charge is 0.862 e. The predicted molar refractivity (Wildman–Crippen MR) is 61.6 cm³/mol. The number of rotatable bonds is 2. The fourth-order valence-corrected chi connectivity index (χ4v) is 1.74. The lowest BCUT2D eigenvalue weighted by molar-refractivity contribution is -0.219. The molecular formula is C11H12ClN2O-. The molecule has 0 fully saturated rings. The summed E-state index contributed by atoms with van der Waals surface area (Å²) >= 11 is 0. The molecular weight excluding hydrogens is 212 g/mol. The van der Waals surface area contributed by atoms with Gasteiger partial charge in [0.1, 0.15) is 0 Å². The van der Waals surface area contributed by atoms with Gasteiger partial charge in [0.25, 0.3) is 0 Å². The van der Waals surface area contributed by atoms with E-state index in [0.717, 1.165) is 16.5 Å². The van der Waals surface area contributed by atoms with Crippen LogP contribution in [0.5, 0.6) is 0 Å². The van der Waals surface area contributed by atoms with Crippen LogP contribution in [0.25, 0.3) is 10.9 Å². The van der Waals surface area contributed by atoms with Gasteiger partial charge in [0, 0.05) is 30.6 Å². The quantitative estimate of drug-likeness (QED) is 0.609. The predicted octanol–water partition coefficient (Wildman–Crippen LogP) is 1.48. The van der Waals surface area contributed by atoms with Crippen molar-refractivity contribution in [1.29, 1.82) is 5.41 Å². The van der Waals surface area contributed by atoms with Crippen LogP contribution in [-0.2, 0) is 13.5 Å². The first-order valence-electron chi connectivity index (χ1n) is 4.46. The van der Waals surface area contributed by atoms with E-state index in [4.69, 9.17) is 5.41 Å². The number of fused-ring (bicyclic) bond motifs is 1. The lowest BCUT2D eigenvalue weighted by Gasteiger charge is -2.04. The number of hydrogen-bond donors (Lipinski definition) is 1. The van der Waals surface area contributed by atoms with Gasteiger partial charge in [0.15, 0.2) is 0 Å². The summed E-state index contributed by atoms with van der Waals surface area (Å²) in [5, 5.41) is 18.7. The lowest BCUT2D eigenvalue weighted by Crippen LogP contribution is -2.17. The third-order valence-corrected chi connectivity index (χ3v) is 2.33. The Kier molecular flexibility index (Phi) is 3.37. The average molecular weight is 224 g/mol. The van der Waals surface area contributed by atoms with Crippen molar-refractivity contribution in [3.05, 3.63) is 36.0 Å². The number of benzene rings is 1. The first-order chi connectivity index (χ1) is 6.68. The minimum Gasteiger partial charge on any atom is -0.862 e. The van der Waals surface area contributed by atoms with Gasteiger partial charge in [-0.05, 0) is 17.5 Å². The maximum atomic E-state index is 10.7. The molecule has 0 saturated carbocycles. The Morgan fingerprint density at radius 1 is 1.40 bits per heavy atom. The molecule has 2 aromatic rings. The molecule has 0 amide bonds. The van der Waals surface area contributed by atoms with Crippen molar-refractivity contribution in [3.8, 4) is 0 Å². The zero-order chi connectivity index (χ0) is 10.1. The van der Waals surface area contributed by atoms with Gasteiger partial charge in [-0.1, -0.05) is 18.2 Å². The highest BCUT2D eigenvalue weighted by Gasteiger charge is 2.04. The molecule has 4 heteroatoms. The zero-order valence-corrected chi connectivity index (χ0v) is 9.17. The molecule has 1 N–H and O–H groups in total. The molecule has 2 rings (SSSR count). The molecule has 15 heavy (non-hydrogen) atoms. The number of aromatic nitrogens is 1. The SMILES string of the molecule is Cl.Cn1cc(CC(=N)[O-])c2ccccc21. The van der Waals surface area contributed by atoms with Crippen LogP contribution in [0, 0.1) is 5.41 Å². The Morgan fingerprint density at radius 2 is 2.07 bits per heavy atom. The standard InChI is InChI=1S/C11H12N2O.ClH/c1-13-7-8(6-11(12)14)9-4-2-3-5-10(9)13;/h2-5,7H,6H2,1H3,(H2,12,14);1H/p-1. The molecule has 0 atom stereocenters. The van der Waals surface area contributed by atoms with Gasteiger partial charge in [-0.2, -0.15) is 0 Å².